The Morgan fingerprint density at radius 3 is 2.20 bits per heavy atom. The number of para-hydroxylation sites is 1. The minimum atomic E-state index is -1.22. The molecule has 2 atom stereocenters. The van der Waals surface area contributed by atoms with Crippen molar-refractivity contribution in [3.63, 3.8) is 0 Å². The lowest BCUT2D eigenvalue weighted by molar-refractivity contribution is -0.121. The topological polar surface area (TPSA) is 111 Å². The van der Waals surface area contributed by atoms with Crippen molar-refractivity contribution in [2.45, 2.75) is 52.2 Å². The molecule has 3 amide bonds. The molecule has 1 N–H and O–H groups in total. The van der Waals surface area contributed by atoms with Gasteiger partial charge in [-0.2, -0.15) is 0 Å². The number of carbonyl (C=O) groups is 4. The van der Waals surface area contributed by atoms with Crippen LogP contribution in [0.4, 0.5) is 10.5 Å². The third-order valence-electron chi connectivity index (χ3n) is 8.01. The van der Waals surface area contributed by atoms with Gasteiger partial charge in [-0.1, -0.05) is 56.3 Å². The molecule has 1 aliphatic heterocycles. The maximum Gasteiger partial charge on any atom is 0.418 e. The van der Waals surface area contributed by atoms with Crippen LogP contribution in [0.1, 0.15) is 66.8 Å². The van der Waals surface area contributed by atoms with Crippen LogP contribution in [-0.2, 0) is 9.53 Å². The number of nitrogens with one attached hydrogen (secondary N) is 1. The number of rotatable bonds is 6. The van der Waals surface area contributed by atoms with Crippen LogP contribution in [0.25, 0.3) is 21.8 Å². The van der Waals surface area contributed by atoms with Gasteiger partial charge in [0.1, 0.15) is 11.6 Å². The van der Waals surface area contributed by atoms with Gasteiger partial charge in [-0.25, -0.2) is 4.79 Å². The van der Waals surface area contributed by atoms with Crippen LogP contribution >= 0.6 is 0 Å². The van der Waals surface area contributed by atoms with Crippen LogP contribution in [0.3, 0.4) is 0 Å². The number of pyridine rings is 1. The summed E-state index contributed by atoms with van der Waals surface area (Å²) in [5.41, 5.74) is 2.15. The molecular formula is C36H34N4O5. The Labute approximate surface area is 260 Å². The number of carbonyl (C=O) groups excluding carboxylic acids is 4. The number of hydrogen-bond donors (Lipinski definition) is 1. The van der Waals surface area contributed by atoms with E-state index in [2.05, 4.69) is 10.3 Å². The molecule has 0 spiro atoms. The summed E-state index contributed by atoms with van der Waals surface area (Å²) < 4.78 is 7.06. The molecule has 2 aromatic heterocycles. The van der Waals surface area contributed by atoms with Gasteiger partial charge < -0.3 is 10.1 Å². The van der Waals surface area contributed by atoms with Gasteiger partial charge >= 0.3 is 6.09 Å². The van der Waals surface area contributed by atoms with Crippen molar-refractivity contribution in [1.29, 1.82) is 0 Å². The lowest BCUT2D eigenvalue weighted by Crippen LogP contribution is -2.51. The van der Waals surface area contributed by atoms with Crippen LogP contribution in [0, 0.1) is 5.92 Å². The summed E-state index contributed by atoms with van der Waals surface area (Å²) >= 11 is 0. The van der Waals surface area contributed by atoms with Gasteiger partial charge in [0.15, 0.2) is 0 Å². The Morgan fingerprint density at radius 1 is 0.844 bits per heavy atom. The van der Waals surface area contributed by atoms with E-state index in [1.54, 1.807) is 63.5 Å². The number of hydrogen-bond acceptors (Lipinski definition) is 6. The lowest BCUT2D eigenvalue weighted by Gasteiger charge is -2.35. The molecule has 0 aliphatic carbocycles. The van der Waals surface area contributed by atoms with Crippen molar-refractivity contribution in [2.24, 2.45) is 5.92 Å². The highest BCUT2D eigenvalue weighted by Crippen LogP contribution is 2.38. The summed E-state index contributed by atoms with van der Waals surface area (Å²) in [7, 11) is 0. The Kier molecular flexibility index (Phi) is 7.48. The van der Waals surface area contributed by atoms with Crippen molar-refractivity contribution in [3.05, 3.63) is 108 Å². The van der Waals surface area contributed by atoms with Gasteiger partial charge in [-0.15, -0.1) is 0 Å². The van der Waals surface area contributed by atoms with Crippen LogP contribution in [0.5, 0.6) is 0 Å². The summed E-state index contributed by atoms with van der Waals surface area (Å²) in [5, 5.41) is 4.63. The quantitative estimate of drug-likeness (QED) is 0.209. The average Bonchev–Trinajstić information content (AvgIpc) is 3.53. The number of ether oxygens (including phenoxy) is 1. The molecule has 0 radical (unpaired) electrons. The van der Waals surface area contributed by atoms with Crippen molar-refractivity contribution >= 4 is 51.3 Å². The second-order valence-electron chi connectivity index (χ2n) is 12.6. The zero-order valence-electron chi connectivity index (χ0n) is 25.8. The Hall–Kier alpha value is -5.31. The fourth-order valence-corrected chi connectivity index (χ4v) is 6.07. The monoisotopic (exact) mass is 602 g/mol. The number of anilines is 1. The summed E-state index contributed by atoms with van der Waals surface area (Å²) in [6, 6.07) is 21.9. The molecule has 1 aliphatic rings. The largest absolute Gasteiger partial charge is 0.443 e. The normalized spacial score (nSPS) is 14.6. The van der Waals surface area contributed by atoms with Gasteiger partial charge in [0.25, 0.3) is 11.8 Å². The molecule has 0 fully saturated rings. The molecule has 0 saturated heterocycles. The van der Waals surface area contributed by atoms with E-state index in [9.17, 15) is 19.2 Å². The number of imide groups is 1. The zero-order valence-corrected chi connectivity index (χ0v) is 25.8. The lowest BCUT2D eigenvalue weighted by atomic mass is 9.80. The predicted molar refractivity (Wildman–Crippen MR) is 172 cm³/mol. The first-order chi connectivity index (χ1) is 21.4. The zero-order chi connectivity index (χ0) is 32.0. The molecule has 3 aromatic carbocycles. The Bertz CT molecular complexity index is 1950. The highest BCUT2D eigenvalue weighted by molar-refractivity contribution is 6.23. The van der Waals surface area contributed by atoms with Gasteiger partial charge in [-0.05, 0) is 68.7 Å². The number of benzene rings is 3. The average molecular weight is 603 g/mol. The van der Waals surface area contributed by atoms with E-state index < -0.39 is 41.4 Å². The van der Waals surface area contributed by atoms with E-state index in [-0.39, 0.29) is 17.0 Å². The van der Waals surface area contributed by atoms with E-state index in [1.807, 2.05) is 62.4 Å². The summed E-state index contributed by atoms with van der Waals surface area (Å²) in [6.07, 6.45) is 2.76. The molecule has 0 bridgehead atoms. The predicted octanol–water partition coefficient (Wildman–Crippen LogP) is 7.02. The van der Waals surface area contributed by atoms with Crippen molar-refractivity contribution in [1.82, 2.24) is 14.5 Å². The van der Waals surface area contributed by atoms with E-state index in [4.69, 9.17) is 4.74 Å². The molecule has 0 unspecified atom stereocenters. The van der Waals surface area contributed by atoms with Crippen LogP contribution in [0.2, 0.25) is 0 Å². The molecule has 6 rings (SSSR count). The number of fused-ring (bicyclic) bond motifs is 3. The Balaban J connectivity index is 1.48. The van der Waals surface area contributed by atoms with Crippen LogP contribution in [-0.4, -0.2) is 49.9 Å². The fraction of sp³-hybridized carbons (Fsp3) is 0.250. The standard InChI is InChI=1S/C36H34N4O5/c1-21(2)29(24-16-15-22-17-19-39(28(22)20-24)35(44)45-36(3,4)5)31(40-33(42)25-12-6-7-13-26(25)34(40)43)32(41)38-27-14-8-10-23-11-9-18-37-30(23)27/h6-21,29,31H,1-5H3,(H,38,41)/t29-,31+/m1/s1. The first-order valence-electron chi connectivity index (χ1n) is 14.9. The van der Waals surface area contributed by atoms with Gasteiger partial charge in [0.2, 0.25) is 5.91 Å². The van der Waals surface area contributed by atoms with Crippen LogP contribution in [0.15, 0.2) is 91.3 Å². The second kappa shape index (κ2) is 11.3. The molecular weight excluding hydrogens is 568 g/mol. The smallest absolute Gasteiger partial charge is 0.418 e. The van der Waals surface area contributed by atoms with Crippen molar-refractivity contribution in [2.75, 3.05) is 5.32 Å². The van der Waals surface area contributed by atoms with Crippen molar-refractivity contribution in [3.8, 4) is 0 Å². The maximum atomic E-state index is 14.5. The van der Waals surface area contributed by atoms with E-state index in [0.717, 1.165) is 15.7 Å². The molecule has 5 aromatic rings. The number of amides is 3. The maximum absolute atomic E-state index is 14.5. The first kappa shape index (κ1) is 29.7. The summed E-state index contributed by atoms with van der Waals surface area (Å²) in [5.74, 6) is -2.44. The molecule has 9 heteroatoms. The molecule has 9 nitrogen and oxygen atoms in total. The molecule has 45 heavy (non-hydrogen) atoms. The number of nitrogens with zero attached hydrogens (tertiary/aromatic N) is 3. The van der Waals surface area contributed by atoms with Gasteiger partial charge in [-0.3, -0.25) is 28.8 Å². The number of aromatic nitrogens is 2. The van der Waals surface area contributed by atoms with Gasteiger partial charge in [0.05, 0.1) is 27.8 Å². The molecule has 0 saturated carbocycles. The SMILES string of the molecule is CC(C)[C@H](c1ccc2ccn(C(=O)OC(C)(C)C)c2c1)[C@@H](C(=O)Nc1cccc2cccnc12)N1C(=O)c2ccccc2C1=O. The first-order valence-corrected chi connectivity index (χ1v) is 14.9. The summed E-state index contributed by atoms with van der Waals surface area (Å²) in [6.45, 7) is 9.29. The van der Waals surface area contributed by atoms with E-state index in [1.165, 1.54) is 4.57 Å². The Morgan fingerprint density at radius 2 is 1.53 bits per heavy atom. The van der Waals surface area contributed by atoms with E-state index in [0.29, 0.717) is 22.3 Å². The van der Waals surface area contributed by atoms with Gasteiger partial charge in [0, 0.05) is 29.1 Å². The fourth-order valence-electron chi connectivity index (χ4n) is 6.07. The third-order valence-corrected chi connectivity index (χ3v) is 8.01. The highest BCUT2D eigenvalue weighted by atomic mass is 16.6. The summed E-state index contributed by atoms with van der Waals surface area (Å²) in [4.78, 5) is 60.9. The minimum absolute atomic E-state index is 0.210. The molecule has 228 valence electrons. The minimum Gasteiger partial charge on any atom is -0.443 e. The van der Waals surface area contributed by atoms with E-state index >= 15 is 0 Å². The highest BCUT2D eigenvalue weighted by Gasteiger charge is 2.47. The second-order valence-corrected chi connectivity index (χ2v) is 12.6. The molecule has 3 heterocycles. The van der Waals surface area contributed by atoms with Crippen molar-refractivity contribution < 1.29 is 23.9 Å². The van der Waals surface area contributed by atoms with Crippen LogP contribution < -0.4 is 5.32 Å². The third kappa shape index (κ3) is 5.46.